The largest absolute Gasteiger partial charge is 0.479 e. The van der Waals surface area contributed by atoms with Crippen LogP contribution >= 0.6 is 0 Å². The summed E-state index contributed by atoms with van der Waals surface area (Å²) in [7, 11) is 0. The standard InChI is InChI=1S/C18H16N4O2/c1-13(18(23)22-21-12-14-5-3-9-19-11-14)24-16-8-2-6-15-7-4-10-20-17(15)16/h2-13H,1H3,(H,22,23)/b21-12-/t13-/m1/s1. The topological polar surface area (TPSA) is 76.5 Å². The number of hydrazone groups is 1. The lowest BCUT2D eigenvalue weighted by molar-refractivity contribution is -0.127. The molecule has 2 aromatic heterocycles. The highest BCUT2D eigenvalue weighted by molar-refractivity contribution is 5.86. The van der Waals surface area contributed by atoms with Gasteiger partial charge in [-0.25, -0.2) is 5.43 Å². The van der Waals surface area contributed by atoms with Crippen molar-refractivity contribution in [1.82, 2.24) is 15.4 Å². The zero-order valence-corrected chi connectivity index (χ0v) is 13.1. The molecular formula is C18H16N4O2. The maximum absolute atomic E-state index is 12.1. The molecule has 0 fully saturated rings. The molecule has 1 N–H and O–H groups in total. The Morgan fingerprint density at radius 1 is 1.21 bits per heavy atom. The van der Waals surface area contributed by atoms with Crippen LogP contribution in [0, 0.1) is 0 Å². The van der Waals surface area contributed by atoms with Gasteiger partial charge in [0.25, 0.3) is 5.91 Å². The number of para-hydroxylation sites is 1. The Bertz CT molecular complexity index is 860. The minimum Gasteiger partial charge on any atom is -0.479 e. The maximum atomic E-state index is 12.1. The van der Waals surface area contributed by atoms with Gasteiger partial charge in [-0.3, -0.25) is 14.8 Å². The second-order valence-electron chi connectivity index (χ2n) is 5.11. The molecule has 0 spiro atoms. The lowest BCUT2D eigenvalue weighted by atomic mass is 10.2. The molecule has 0 bridgehead atoms. The minimum absolute atomic E-state index is 0.344. The van der Waals surface area contributed by atoms with Crippen molar-refractivity contribution < 1.29 is 9.53 Å². The van der Waals surface area contributed by atoms with Gasteiger partial charge in [0.15, 0.2) is 6.10 Å². The molecule has 24 heavy (non-hydrogen) atoms. The van der Waals surface area contributed by atoms with Crippen molar-refractivity contribution >= 4 is 23.0 Å². The van der Waals surface area contributed by atoms with Gasteiger partial charge in [0.2, 0.25) is 0 Å². The first-order chi connectivity index (χ1) is 11.7. The molecule has 1 atom stereocenters. The molecule has 6 nitrogen and oxygen atoms in total. The number of nitrogens with one attached hydrogen (secondary N) is 1. The van der Waals surface area contributed by atoms with E-state index in [2.05, 4.69) is 20.5 Å². The van der Waals surface area contributed by atoms with Gasteiger partial charge in [0, 0.05) is 29.5 Å². The molecule has 2 heterocycles. The van der Waals surface area contributed by atoms with E-state index in [9.17, 15) is 4.79 Å². The van der Waals surface area contributed by atoms with Gasteiger partial charge in [0.1, 0.15) is 11.3 Å². The van der Waals surface area contributed by atoms with E-state index in [4.69, 9.17) is 4.74 Å². The number of ether oxygens (including phenoxy) is 1. The Morgan fingerprint density at radius 3 is 2.88 bits per heavy atom. The molecule has 0 unspecified atom stereocenters. The normalized spacial score (nSPS) is 12.2. The van der Waals surface area contributed by atoms with E-state index in [-0.39, 0.29) is 5.91 Å². The molecule has 6 heteroatoms. The minimum atomic E-state index is -0.705. The van der Waals surface area contributed by atoms with E-state index >= 15 is 0 Å². The average Bonchev–Trinajstić information content (AvgIpc) is 2.63. The van der Waals surface area contributed by atoms with Crippen LogP contribution in [0.15, 0.2) is 66.2 Å². The third-order valence-corrected chi connectivity index (χ3v) is 3.34. The summed E-state index contributed by atoms with van der Waals surface area (Å²) in [5.41, 5.74) is 3.97. The third kappa shape index (κ3) is 3.73. The lowest BCUT2D eigenvalue weighted by Crippen LogP contribution is -2.33. The molecule has 0 aliphatic carbocycles. The number of rotatable bonds is 5. The number of benzene rings is 1. The molecule has 0 aliphatic rings. The van der Waals surface area contributed by atoms with Gasteiger partial charge >= 0.3 is 0 Å². The molecule has 0 saturated heterocycles. The van der Waals surface area contributed by atoms with E-state index in [1.165, 1.54) is 6.21 Å². The second kappa shape index (κ2) is 7.32. The number of carbonyl (C=O) groups excluding carboxylic acids is 1. The van der Waals surface area contributed by atoms with Crippen molar-refractivity contribution in [3.8, 4) is 5.75 Å². The van der Waals surface area contributed by atoms with Crippen LogP contribution in [0.2, 0.25) is 0 Å². The van der Waals surface area contributed by atoms with Crippen LogP contribution in [-0.2, 0) is 4.79 Å². The van der Waals surface area contributed by atoms with Crippen molar-refractivity contribution in [2.75, 3.05) is 0 Å². The second-order valence-corrected chi connectivity index (χ2v) is 5.11. The number of pyridine rings is 2. The zero-order chi connectivity index (χ0) is 16.8. The highest BCUT2D eigenvalue weighted by Gasteiger charge is 2.15. The smallest absolute Gasteiger partial charge is 0.280 e. The van der Waals surface area contributed by atoms with Crippen LogP contribution in [0.4, 0.5) is 0 Å². The summed E-state index contributed by atoms with van der Waals surface area (Å²) in [5, 5.41) is 4.86. The molecule has 3 aromatic rings. The quantitative estimate of drug-likeness (QED) is 0.579. The predicted octanol–water partition coefficient (Wildman–Crippen LogP) is 2.55. The fourth-order valence-electron chi connectivity index (χ4n) is 2.13. The van der Waals surface area contributed by atoms with Crippen LogP contribution in [0.5, 0.6) is 5.75 Å². The van der Waals surface area contributed by atoms with Crippen molar-refractivity contribution in [3.05, 3.63) is 66.6 Å². The zero-order valence-electron chi connectivity index (χ0n) is 13.1. The van der Waals surface area contributed by atoms with Gasteiger partial charge in [-0.05, 0) is 25.1 Å². The SMILES string of the molecule is C[C@@H](Oc1cccc2cccnc12)C(=O)N/N=C\c1cccnc1. The monoisotopic (exact) mass is 320 g/mol. The summed E-state index contributed by atoms with van der Waals surface area (Å²) < 4.78 is 5.73. The van der Waals surface area contributed by atoms with Crippen LogP contribution in [0.3, 0.4) is 0 Å². The Hall–Kier alpha value is -3.28. The fraction of sp³-hybridized carbons (Fsp3) is 0.111. The number of carbonyl (C=O) groups is 1. The van der Waals surface area contributed by atoms with Crippen molar-refractivity contribution in [2.24, 2.45) is 5.10 Å². The molecular weight excluding hydrogens is 304 g/mol. The summed E-state index contributed by atoms with van der Waals surface area (Å²) in [6.07, 6.45) is 5.83. The van der Waals surface area contributed by atoms with Crippen LogP contribution in [-0.4, -0.2) is 28.2 Å². The number of fused-ring (bicyclic) bond motifs is 1. The van der Waals surface area contributed by atoms with Crippen molar-refractivity contribution in [3.63, 3.8) is 0 Å². The molecule has 1 aromatic carbocycles. The predicted molar refractivity (Wildman–Crippen MR) is 91.8 cm³/mol. The number of nitrogens with zero attached hydrogens (tertiary/aromatic N) is 3. The number of hydrogen-bond acceptors (Lipinski definition) is 5. The van der Waals surface area contributed by atoms with Crippen LogP contribution in [0.25, 0.3) is 10.9 Å². The van der Waals surface area contributed by atoms with E-state index in [0.717, 1.165) is 16.5 Å². The van der Waals surface area contributed by atoms with Gasteiger partial charge in [0.05, 0.1) is 6.21 Å². The first kappa shape index (κ1) is 15.6. The van der Waals surface area contributed by atoms with E-state index in [1.54, 1.807) is 37.6 Å². The molecule has 0 aliphatic heterocycles. The summed E-state index contributed by atoms with van der Waals surface area (Å²) in [6.45, 7) is 1.66. The van der Waals surface area contributed by atoms with Gasteiger partial charge in [-0.1, -0.05) is 24.3 Å². The number of hydrogen-bond donors (Lipinski definition) is 1. The van der Waals surface area contributed by atoms with E-state index in [0.29, 0.717) is 5.75 Å². The molecule has 120 valence electrons. The van der Waals surface area contributed by atoms with E-state index < -0.39 is 6.10 Å². The Kier molecular flexibility index (Phi) is 4.76. The molecule has 1 amide bonds. The Morgan fingerprint density at radius 2 is 2.04 bits per heavy atom. The maximum Gasteiger partial charge on any atom is 0.280 e. The summed E-state index contributed by atoms with van der Waals surface area (Å²) in [6, 6.07) is 13.0. The highest BCUT2D eigenvalue weighted by atomic mass is 16.5. The highest BCUT2D eigenvalue weighted by Crippen LogP contribution is 2.23. The lowest BCUT2D eigenvalue weighted by Gasteiger charge is -2.14. The van der Waals surface area contributed by atoms with Gasteiger partial charge < -0.3 is 4.74 Å². The number of amides is 1. The first-order valence-corrected chi connectivity index (χ1v) is 7.47. The van der Waals surface area contributed by atoms with Crippen molar-refractivity contribution in [1.29, 1.82) is 0 Å². The number of aromatic nitrogens is 2. The first-order valence-electron chi connectivity index (χ1n) is 7.47. The van der Waals surface area contributed by atoms with Crippen LogP contribution in [0.1, 0.15) is 12.5 Å². The van der Waals surface area contributed by atoms with E-state index in [1.807, 2.05) is 30.3 Å². The fourth-order valence-corrected chi connectivity index (χ4v) is 2.13. The summed E-state index contributed by atoms with van der Waals surface area (Å²) >= 11 is 0. The van der Waals surface area contributed by atoms with Gasteiger partial charge in [-0.15, -0.1) is 0 Å². The molecule has 0 saturated carbocycles. The summed E-state index contributed by atoms with van der Waals surface area (Å²) in [5.74, 6) is 0.218. The third-order valence-electron chi connectivity index (χ3n) is 3.34. The van der Waals surface area contributed by atoms with Crippen LogP contribution < -0.4 is 10.2 Å². The average molecular weight is 320 g/mol. The molecule has 0 radical (unpaired) electrons. The van der Waals surface area contributed by atoms with Gasteiger partial charge in [-0.2, -0.15) is 5.10 Å². The summed E-state index contributed by atoms with van der Waals surface area (Å²) in [4.78, 5) is 20.4. The Labute approximate surface area is 139 Å². The Balaban J connectivity index is 1.64. The molecule has 3 rings (SSSR count). The van der Waals surface area contributed by atoms with Crippen molar-refractivity contribution in [2.45, 2.75) is 13.0 Å².